The lowest BCUT2D eigenvalue weighted by atomic mass is 10.1. The summed E-state index contributed by atoms with van der Waals surface area (Å²) in [5, 5.41) is 26.2. The van der Waals surface area contributed by atoms with Crippen LogP contribution in [0.5, 0.6) is 0 Å². The Morgan fingerprint density at radius 1 is 0.968 bits per heavy atom. The Hall–Kier alpha value is -2.98. The molecule has 0 aromatic heterocycles. The van der Waals surface area contributed by atoms with E-state index < -0.39 is 42.1 Å². The van der Waals surface area contributed by atoms with Crippen LogP contribution >= 0.6 is 0 Å². The normalized spacial score (nSPS) is 13.0. The number of ketones is 1. The van der Waals surface area contributed by atoms with Crippen molar-refractivity contribution in [2.75, 3.05) is 19.7 Å². The van der Waals surface area contributed by atoms with Gasteiger partial charge in [0.25, 0.3) is 11.8 Å². The Balaban J connectivity index is 2.48. The van der Waals surface area contributed by atoms with Crippen LogP contribution in [0.25, 0.3) is 0 Å². The quantitative estimate of drug-likeness (QED) is 0.331. The monoisotopic (exact) mass is 437 g/mol. The van der Waals surface area contributed by atoms with E-state index in [9.17, 15) is 24.3 Å². The third-order valence-corrected chi connectivity index (χ3v) is 3.99. The van der Waals surface area contributed by atoms with Crippen LogP contribution in [0.3, 0.4) is 0 Å². The lowest BCUT2D eigenvalue weighted by molar-refractivity contribution is -0.125. The predicted octanol–water partition coefficient (Wildman–Crippen LogP) is 0.372. The molecule has 10 heteroatoms. The average molecular weight is 437 g/mol. The van der Waals surface area contributed by atoms with Gasteiger partial charge in [0.05, 0.1) is 6.10 Å². The van der Waals surface area contributed by atoms with E-state index in [1.54, 1.807) is 20.8 Å². The highest BCUT2D eigenvalue weighted by molar-refractivity contribution is 6.00. The summed E-state index contributed by atoms with van der Waals surface area (Å²) in [6, 6.07) is 4.51. The zero-order valence-corrected chi connectivity index (χ0v) is 18.2. The van der Waals surface area contributed by atoms with Gasteiger partial charge in [-0.05, 0) is 58.4 Å². The fraction of sp³-hybridized carbons (Fsp3) is 0.524. The third-order valence-electron chi connectivity index (χ3n) is 3.99. The predicted molar refractivity (Wildman–Crippen MR) is 113 cm³/mol. The molecule has 0 spiro atoms. The number of carbonyl (C=O) groups excluding carboxylic acids is 4. The molecule has 0 heterocycles. The topological polar surface area (TPSA) is 154 Å². The van der Waals surface area contributed by atoms with Gasteiger partial charge in [0.15, 0.2) is 5.78 Å². The van der Waals surface area contributed by atoms with Crippen LogP contribution in [-0.4, -0.2) is 71.3 Å². The number of aliphatic hydroxyl groups is 2. The van der Waals surface area contributed by atoms with Gasteiger partial charge in [0.1, 0.15) is 18.2 Å². The van der Waals surface area contributed by atoms with Gasteiger partial charge in [-0.25, -0.2) is 4.79 Å². The first-order valence-electron chi connectivity index (χ1n) is 9.92. The first-order valence-corrected chi connectivity index (χ1v) is 9.92. The van der Waals surface area contributed by atoms with E-state index in [0.717, 1.165) is 0 Å². The summed E-state index contributed by atoms with van der Waals surface area (Å²) in [6.45, 7) is 6.49. The van der Waals surface area contributed by atoms with Crippen molar-refractivity contribution in [3.63, 3.8) is 0 Å². The molecule has 0 aliphatic heterocycles. The molecular weight excluding hydrogens is 406 g/mol. The molecule has 0 saturated carbocycles. The maximum absolute atomic E-state index is 12.2. The number of rotatable bonds is 10. The molecule has 10 nitrogen and oxygen atoms in total. The number of alkyl carbamates (subject to hydrolysis) is 1. The Labute approximate surface area is 181 Å². The average Bonchev–Trinajstić information content (AvgIpc) is 2.69. The van der Waals surface area contributed by atoms with Crippen molar-refractivity contribution < 1.29 is 34.1 Å². The van der Waals surface area contributed by atoms with E-state index in [0.29, 0.717) is 25.1 Å². The summed E-state index contributed by atoms with van der Waals surface area (Å²) in [4.78, 5) is 47.5. The highest BCUT2D eigenvalue weighted by Crippen LogP contribution is 2.07. The van der Waals surface area contributed by atoms with E-state index in [2.05, 4.69) is 16.0 Å². The first-order chi connectivity index (χ1) is 14.4. The van der Waals surface area contributed by atoms with E-state index in [1.165, 1.54) is 31.2 Å². The number of hydrogen-bond donors (Lipinski definition) is 5. The third kappa shape index (κ3) is 9.58. The molecule has 0 radical (unpaired) electrons. The van der Waals surface area contributed by atoms with Crippen LogP contribution in [-0.2, 0) is 9.53 Å². The molecule has 5 N–H and O–H groups in total. The Morgan fingerprint density at radius 2 is 1.48 bits per heavy atom. The second-order valence-corrected chi connectivity index (χ2v) is 7.93. The Morgan fingerprint density at radius 3 is 1.97 bits per heavy atom. The highest BCUT2D eigenvalue weighted by atomic mass is 16.6. The summed E-state index contributed by atoms with van der Waals surface area (Å²) >= 11 is 0. The van der Waals surface area contributed by atoms with E-state index in [4.69, 9.17) is 9.84 Å². The van der Waals surface area contributed by atoms with Crippen LogP contribution in [0, 0.1) is 0 Å². The van der Waals surface area contributed by atoms with Crippen LogP contribution in [0.1, 0.15) is 54.8 Å². The van der Waals surface area contributed by atoms with Crippen molar-refractivity contribution in [1.82, 2.24) is 16.0 Å². The number of carbonyl (C=O) groups is 4. The minimum atomic E-state index is -1.23. The van der Waals surface area contributed by atoms with Crippen LogP contribution in [0.15, 0.2) is 24.3 Å². The number of hydrogen-bond acceptors (Lipinski definition) is 7. The number of amides is 3. The number of benzene rings is 1. The van der Waals surface area contributed by atoms with Crippen LogP contribution in [0.2, 0.25) is 0 Å². The first kappa shape index (κ1) is 26.1. The van der Waals surface area contributed by atoms with Gasteiger partial charge in [0.2, 0.25) is 0 Å². The minimum Gasteiger partial charge on any atom is -0.444 e. The second-order valence-electron chi connectivity index (χ2n) is 7.93. The fourth-order valence-electron chi connectivity index (χ4n) is 2.46. The van der Waals surface area contributed by atoms with Gasteiger partial charge in [-0.2, -0.15) is 0 Å². The number of nitrogens with one attached hydrogen (secondary N) is 3. The van der Waals surface area contributed by atoms with Gasteiger partial charge >= 0.3 is 6.09 Å². The zero-order chi connectivity index (χ0) is 23.6. The molecule has 31 heavy (non-hydrogen) atoms. The molecule has 0 unspecified atom stereocenters. The van der Waals surface area contributed by atoms with E-state index in [-0.39, 0.29) is 11.5 Å². The molecule has 0 aliphatic rings. The van der Waals surface area contributed by atoms with Gasteiger partial charge < -0.3 is 30.9 Å². The smallest absolute Gasteiger partial charge is 0.407 e. The molecule has 1 aromatic rings. The summed E-state index contributed by atoms with van der Waals surface area (Å²) in [5.74, 6) is -1.67. The van der Waals surface area contributed by atoms with Gasteiger partial charge in [-0.1, -0.05) is 0 Å². The maximum atomic E-state index is 12.2. The van der Waals surface area contributed by atoms with Crippen molar-refractivity contribution in [2.45, 2.75) is 51.9 Å². The fourth-order valence-corrected chi connectivity index (χ4v) is 2.46. The van der Waals surface area contributed by atoms with Crippen molar-refractivity contribution in [2.24, 2.45) is 0 Å². The molecule has 0 aliphatic carbocycles. The molecule has 0 fully saturated rings. The van der Waals surface area contributed by atoms with Crippen molar-refractivity contribution >= 4 is 23.7 Å². The van der Waals surface area contributed by atoms with E-state index >= 15 is 0 Å². The lowest BCUT2D eigenvalue weighted by Crippen LogP contribution is -2.48. The summed E-state index contributed by atoms with van der Waals surface area (Å²) in [7, 11) is 0. The van der Waals surface area contributed by atoms with E-state index in [1.807, 2.05) is 0 Å². The maximum Gasteiger partial charge on any atom is 0.407 e. The summed E-state index contributed by atoms with van der Waals surface area (Å²) < 4.78 is 5.11. The van der Waals surface area contributed by atoms with Crippen molar-refractivity contribution in [1.29, 1.82) is 0 Å². The molecule has 3 amide bonds. The molecule has 0 saturated heterocycles. The summed E-state index contributed by atoms with van der Waals surface area (Å²) in [5.41, 5.74) is -0.0582. The SMILES string of the molecule is C[C@@H](O)[C@H](NC(=O)c1ccc(C(=O)NCCCNC(=O)OC(C)(C)C)cc1)C(=O)CO. The number of aliphatic hydroxyl groups excluding tert-OH is 2. The van der Waals surface area contributed by atoms with Gasteiger partial charge in [-0.15, -0.1) is 0 Å². The van der Waals surface area contributed by atoms with Crippen LogP contribution < -0.4 is 16.0 Å². The number of Topliss-reactive ketones (excluding diaryl/α,β-unsaturated/α-hetero) is 1. The number of ether oxygens (including phenoxy) is 1. The van der Waals surface area contributed by atoms with Gasteiger partial charge in [-0.3, -0.25) is 14.4 Å². The van der Waals surface area contributed by atoms with Crippen molar-refractivity contribution in [3.05, 3.63) is 35.4 Å². The Kier molecular flexibility index (Phi) is 10.1. The molecular formula is C21H31N3O7. The summed E-state index contributed by atoms with van der Waals surface area (Å²) in [6.07, 6.45) is -1.19. The van der Waals surface area contributed by atoms with Crippen LogP contribution in [0.4, 0.5) is 4.79 Å². The van der Waals surface area contributed by atoms with Crippen molar-refractivity contribution in [3.8, 4) is 0 Å². The molecule has 0 bridgehead atoms. The standard InChI is InChI=1S/C21H31N3O7/c1-13(26)17(16(27)12-25)24-19(29)15-8-6-14(7-9-15)18(28)22-10-5-11-23-20(30)31-21(2,3)4/h6-9,13,17,25-26H,5,10-12H2,1-4H3,(H,22,28)(H,23,30)(H,24,29)/t13-,17+/m1/s1. The Bertz CT molecular complexity index is 770. The minimum absolute atomic E-state index is 0.189. The largest absolute Gasteiger partial charge is 0.444 e. The zero-order valence-electron chi connectivity index (χ0n) is 18.2. The highest BCUT2D eigenvalue weighted by Gasteiger charge is 2.25. The molecule has 2 atom stereocenters. The molecule has 172 valence electrons. The van der Waals surface area contributed by atoms with Gasteiger partial charge in [0, 0.05) is 24.2 Å². The molecule has 1 aromatic carbocycles. The second kappa shape index (κ2) is 12.0. The lowest BCUT2D eigenvalue weighted by Gasteiger charge is -2.19. The molecule has 1 rings (SSSR count).